The zero-order valence-corrected chi connectivity index (χ0v) is 12.2. The van der Waals surface area contributed by atoms with Crippen molar-refractivity contribution >= 4 is 33.5 Å². The van der Waals surface area contributed by atoms with Gasteiger partial charge in [-0.2, -0.15) is 0 Å². The van der Waals surface area contributed by atoms with Crippen LogP contribution in [0.1, 0.15) is 11.8 Å². The van der Waals surface area contributed by atoms with Gasteiger partial charge >= 0.3 is 0 Å². The predicted molar refractivity (Wildman–Crippen MR) is 87.3 cm³/mol. The van der Waals surface area contributed by atoms with Gasteiger partial charge in [0.05, 0.1) is 11.4 Å². The summed E-state index contributed by atoms with van der Waals surface area (Å²) in [5.74, 6) is 0. The number of nitrogens with two attached hydrogens (primary N) is 1. The molecule has 0 aliphatic heterocycles. The number of nitrogens with one attached hydrogen (secondary N) is 1. The molecule has 0 spiro atoms. The molecule has 3 rings (SSSR count). The van der Waals surface area contributed by atoms with Gasteiger partial charge in [0.1, 0.15) is 0 Å². The van der Waals surface area contributed by atoms with Gasteiger partial charge in [-0.1, -0.05) is 12.1 Å². The average Bonchev–Trinajstić information content (AvgIpc) is 2.95. The van der Waals surface area contributed by atoms with E-state index in [1.54, 1.807) is 17.5 Å². The summed E-state index contributed by atoms with van der Waals surface area (Å²) in [6, 6.07) is 10.6. The van der Waals surface area contributed by atoms with Crippen molar-refractivity contribution in [3.8, 4) is 0 Å². The highest BCUT2D eigenvalue weighted by atomic mass is 32.1. The Hall–Kier alpha value is -2.07. The van der Waals surface area contributed by atoms with E-state index in [-0.39, 0.29) is 0 Å². The van der Waals surface area contributed by atoms with E-state index in [1.165, 1.54) is 4.88 Å². The van der Waals surface area contributed by atoms with Gasteiger partial charge in [-0.05, 0) is 30.5 Å². The van der Waals surface area contributed by atoms with Crippen molar-refractivity contribution in [1.82, 2.24) is 4.98 Å². The maximum absolute atomic E-state index is 6.25. The standard InChI is InChI=1S/C16H17N3S/c1-11(9-13-3-2-8-20-13)19-15-5-4-12-10-18-7-6-14(12)16(15)17/h2-8,10-11,19H,9,17H2,1H3. The molecule has 0 amide bonds. The third-order valence-electron chi connectivity index (χ3n) is 3.35. The van der Waals surface area contributed by atoms with Gasteiger partial charge in [-0.3, -0.25) is 4.98 Å². The fourth-order valence-electron chi connectivity index (χ4n) is 2.37. The van der Waals surface area contributed by atoms with Gasteiger partial charge in [-0.15, -0.1) is 11.3 Å². The smallest absolute Gasteiger partial charge is 0.0630 e. The number of thiophene rings is 1. The van der Waals surface area contributed by atoms with Crippen LogP contribution >= 0.6 is 11.3 Å². The van der Waals surface area contributed by atoms with Crippen molar-refractivity contribution in [3.05, 3.63) is 53.0 Å². The Morgan fingerprint density at radius 3 is 3.00 bits per heavy atom. The van der Waals surface area contributed by atoms with E-state index in [1.807, 2.05) is 18.3 Å². The summed E-state index contributed by atoms with van der Waals surface area (Å²) >= 11 is 1.79. The minimum atomic E-state index is 0.343. The molecule has 0 fully saturated rings. The quantitative estimate of drug-likeness (QED) is 0.713. The summed E-state index contributed by atoms with van der Waals surface area (Å²) in [7, 11) is 0. The molecule has 0 saturated heterocycles. The van der Waals surface area contributed by atoms with Crippen LogP contribution in [0.3, 0.4) is 0 Å². The SMILES string of the molecule is CC(Cc1cccs1)Nc1ccc2cnccc2c1N. The van der Waals surface area contributed by atoms with Crippen LogP contribution in [0.15, 0.2) is 48.1 Å². The third kappa shape index (κ3) is 2.60. The van der Waals surface area contributed by atoms with Crippen molar-refractivity contribution < 1.29 is 0 Å². The molecule has 0 aliphatic rings. The van der Waals surface area contributed by atoms with E-state index >= 15 is 0 Å². The summed E-state index contributed by atoms with van der Waals surface area (Å²) in [6.07, 6.45) is 4.62. The summed E-state index contributed by atoms with van der Waals surface area (Å²) in [5, 5.41) is 7.73. The third-order valence-corrected chi connectivity index (χ3v) is 4.25. The minimum absolute atomic E-state index is 0.343. The Bertz CT molecular complexity index is 707. The molecule has 3 nitrogen and oxygen atoms in total. The van der Waals surface area contributed by atoms with E-state index in [0.29, 0.717) is 6.04 Å². The number of benzene rings is 1. The van der Waals surface area contributed by atoms with Crippen LogP contribution in [-0.2, 0) is 6.42 Å². The largest absolute Gasteiger partial charge is 0.397 e. The number of nitrogen functional groups attached to an aromatic ring is 1. The van der Waals surface area contributed by atoms with Crippen LogP contribution in [0.5, 0.6) is 0 Å². The second kappa shape index (κ2) is 5.51. The molecule has 102 valence electrons. The van der Waals surface area contributed by atoms with Crippen LogP contribution in [0.2, 0.25) is 0 Å². The van der Waals surface area contributed by atoms with Crippen LogP contribution in [0.4, 0.5) is 11.4 Å². The maximum Gasteiger partial charge on any atom is 0.0630 e. The van der Waals surface area contributed by atoms with Crippen LogP contribution in [0.25, 0.3) is 10.8 Å². The molecule has 3 N–H and O–H groups in total. The first-order valence-electron chi connectivity index (χ1n) is 6.65. The fourth-order valence-corrected chi connectivity index (χ4v) is 3.20. The highest BCUT2D eigenvalue weighted by Gasteiger charge is 2.08. The van der Waals surface area contributed by atoms with E-state index < -0.39 is 0 Å². The normalized spacial score (nSPS) is 12.4. The molecule has 0 radical (unpaired) electrons. The Morgan fingerprint density at radius 2 is 2.20 bits per heavy atom. The fraction of sp³-hybridized carbons (Fsp3) is 0.188. The number of hydrogen-bond donors (Lipinski definition) is 2. The summed E-state index contributed by atoms with van der Waals surface area (Å²) < 4.78 is 0. The van der Waals surface area contributed by atoms with Crippen molar-refractivity contribution in [2.75, 3.05) is 11.1 Å². The maximum atomic E-state index is 6.25. The monoisotopic (exact) mass is 283 g/mol. The molecule has 2 heterocycles. The van der Waals surface area contributed by atoms with Gasteiger partial charge in [-0.25, -0.2) is 0 Å². The lowest BCUT2D eigenvalue weighted by Crippen LogP contribution is -2.18. The molecule has 4 heteroatoms. The lowest BCUT2D eigenvalue weighted by atomic mass is 10.1. The lowest BCUT2D eigenvalue weighted by molar-refractivity contribution is 0.801. The number of aromatic nitrogens is 1. The zero-order valence-electron chi connectivity index (χ0n) is 11.3. The van der Waals surface area contributed by atoms with E-state index in [2.05, 4.69) is 40.8 Å². The molecule has 3 aromatic rings. The van der Waals surface area contributed by atoms with Crippen molar-refractivity contribution in [2.24, 2.45) is 0 Å². The summed E-state index contributed by atoms with van der Waals surface area (Å²) in [4.78, 5) is 5.50. The molecule has 1 aromatic carbocycles. The summed E-state index contributed by atoms with van der Waals surface area (Å²) in [6.45, 7) is 2.18. The highest BCUT2D eigenvalue weighted by Crippen LogP contribution is 2.28. The molecule has 0 aliphatic carbocycles. The molecule has 0 saturated carbocycles. The first-order chi connectivity index (χ1) is 9.74. The van der Waals surface area contributed by atoms with Crippen molar-refractivity contribution in [1.29, 1.82) is 0 Å². The highest BCUT2D eigenvalue weighted by molar-refractivity contribution is 7.09. The predicted octanol–water partition coefficient (Wildman–Crippen LogP) is 3.92. The number of hydrogen-bond acceptors (Lipinski definition) is 4. The zero-order chi connectivity index (χ0) is 13.9. The second-order valence-corrected chi connectivity index (χ2v) is 5.98. The minimum Gasteiger partial charge on any atom is -0.397 e. The lowest BCUT2D eigenvalue weighted by Gasteiger charge is -2.17. The van der Waals surface area contributed by atoms with E-state index in [4.69, 9.17) is 5.73 Å². The van der Waals surface area contributed by atoms with Gasteiger partial charge in [0.25, 0.3) is 0 Å². The molecular weight excluding hydrogens is 266 g/mol. The first-order valence-corrected chi connectivity index (χ1v) is 7.53. The van der Waals surface area contributed by atoms with Crippen molar-refractivity contribution in [2.45, 2.75) is 19.4 Å². The van der Waals surface area contributed by atoms with Gasteiger partial charge in [0.15, 0.2) is 0 Å². The number of fused-ring (bicyclic) bond motifs is 1. The first kappa shape index (κ1) is 12.9. The van der Waals surface area contributed by atoms with Crippen LogP contribution in [0, 0.1) is 0 Å². The molecule has 1 unspecified atom stereocenters. The van der Waals surface area contributed by atoms with E-state index in [0.717, 1.165) is 28.6 Å². The Kier molecular flexibility index (Phi) is 3.56. The number of nitrogens with zero attached hydrogens (tertiary/aromatic N) is 1. The Morgan fingerprint density at radius 1 is 1.30 bits per heavy atom. The van der Waals surface area contributed by atoms with Crippen LogP contribution in [-0.4, -0.2) is 11.0 Å². The Balaban J connectivity index is 1.82. The summed E-state index contributed by atoms with van der Waals surface area (Å²) in [5.41, 5.74) is 8.04. The average molecular weight is 283 g/mol. The number of rotatable bonds is 4. The topological polar surface area (TPSA) is 50.9 Å². The van der Waals surface area contributed by atoms with Gasteiger partial charge in [0.2, 0.25) is 0 Å². The molecular formula is C16H17N3S. The Labute approximate surface area is 122 Å². The molecule has 1 atom stereocenters. The van der Waals surface area contributed by atoms with E-state index in [9.17, 15) is 0 Å². The molecule has 0 bridgehead atoms. The van der Waals surface area contributed by atoms with Gasteiger partial charge in [0, 0.05) is 40.5 Å². The molecule has 20 heavy (non-hydrogen) atoms. The van der Waals surface area contributed by atoms with Gasteiger partial charge < -0.3 is 11.1 Å². The molecule has 2 aromatic heterocycles. The number of pyridine rings is 1. The number of anilines is 2. The second-order valence-electron chi connectivity index (χ2n) is 4.95. The van der Waals surface area contributed by atoms with Crippen molar-refractivity contribution in [3.63, 3.8) is 0 Å². The van der Waals surface area contributed by atoms with Crippen LogP contribution < -0.4 is 11.1 Å².